The maximum atomic E-state index is 13.3. The molecule has 3 amide bonds. The van der Waals surface area contributed by atoms with E-state index >= 15 is 0 Å². The van der Waals surface area contributed by atoms with Crippen LogP contribution in [0.5, 0.6) is 5.75 Å². The van der Waals surface area contributed by atoms with E-state index in [1.54, 1.807) is 39.8 Å². The lowest BCUT2D eigenvalue weighted by Crippen LogP contribution is -2.55. The molecule has 0 bridgehead atoms. The molecule has 32 heavy (non-hydrogen) atoms. The van der Waals surface area contributed by atoms with Crippen molar-refractivity contribution in [1.82, 2.24) is 15.5 Å². The second-order valence-electron chi connectivity index (χ2n) is 9.88. The molecule has 0 aliphatic heterocycles. The number of aryl methyl sites for hydroxylation is 1. The maximum absolute atomic E-state index is 13.3. The van der Waals surface area contributed by atoms with Crippen LogP contribution in [0, 0.1) is 6.92 Å². The Morgan fingerprint density at radius 2 is 1.72 bits per heavy atom. The Morgan fingerprint density at radius 3 is 2.22 bits per heavy atom. The van der Waals surface area contributed by atoms with Gasteiger partial charge in [0.05, 0.1) is 0 Å². The van der Waals surface area contributed by atoms with Crippen LogP contribution in [0.1, 0.15) is 78.5 Å². The standard InChI is InChI=1S/C24H39N3O5/c1-9-10-13-25-21(30)20(17-11-12-18(28)16(2)14-17)27(23(3,4)5)19(29)15-26-22(31)32-24(6,7)8/h11-12,14,20,28H,9-10,13,15H2,1-8H3,(H,25,30)(H,26,31). The number of phenolic OH excluding ortho intramolecular Hbond substituents is 1. The van der Waals surface area contributed by atoms with E-state index in [9.17, 15) is 19.5 Å². The normalized spacial score (nSPS) is 12.6. The number of carbonyl (C=O) groups is 3. The molecule has 1 unspecified atom stereocenters. The van der Waals surface area contributed by atoms with Crippen molar-refractivity contribution in [3.05, 3.63) is 29.3 Å². The first-order valence-electron chi connectivity index (χ1n) is 11.0. The van der Waals surface area contributed by atoms with Crippen molar-refractivity contribution in [2.24, 2.45) is 0 Å². The fraction of sp³-hybridized carbons (Fsp3) is 0.625. The van der Waals surface area contributed by atoms with Gasteiger partial charge in [0.25, 0.3) is 0 Å². The van der Waals surface area contributed by atoms with Crippen LogP contribution in [-0.4, -0.2) is 52.1 Å². The Morgan fingerprint density at radius 1 is 1.09 bits per heavy atom. The largest absolute Gasteiger partial charge is 0.508 e. The van der Waals surface area contributed by atoms with Gasteiger partial charge in [-0.15, -0.1) is 0 Å². The number of phenols is 1. The molecule has 0 saturated heterocycles. The van der Waals surface area contributed by atoms with Crippen LogP contribution >= 0.6 is 0 Å². The monoisotopic (exact) mass is 449 g/mol. The van der Waals surface area contributed by atoms with E-state index in [1.807, 2.05) is 27.7 Å². The summed E-state index contributed by atoms with van der Waals surface area (Å²) < 4.78 is 5.21. The molecular weight excluding hydrogens is 410 g/mol. The van der Waals surface area contributed by atoms with Gasteiger partial charge in [0, 0.05) is 12.1 Å². The van der Waals surface area contributed by atoms with Crippen LogP contribution in [0.3, 0.4) is 0 Å². The minimum absolute atomic E-state index is 0.110. The smallest absolute Gasteiger partial charge is 0.408 e. The van der Waals surface area contributed by atoms with Gasteiger partial charge >= 0.3 is 6.09 Å². The van der Waals surface area contributed by atoms with Gasteiger partial charge in [0.2, 0.25) is 11.8 Å². The summed E-state index contributed by atoms with van der Waals surface area (Å²) in [5, 5.41) is 15.3. The highest BCUT2D eigenvalue weighted by Crippen LogP contribution is 2.31. The molecule has 0 spiro atoms. The van der Waals surface area contributed by atoms with Gasteiger partial charge in [-0.2, -0.15) is 0 Å². The van der Waals surface area contributed by atoms with E-state index in [1.165, 1.54) is 11.0 Å². The van der Waals surface area contributed by atoms with E-state index in [0.29, 0.717) is 17.7 Å². The summed E-state index contributed by atoms with van der Waals surface area (Å²) in [6.07, 6.45) is 1.03. The fourth-order valence-corrected chi connectivity index (χ4v) is 3.20. The zero-order valence-corrected chi connectivity index (χ0v) is 20.7. The quantitative estimate of drug-likeness (QED) is 0.523. The number of aromatic hydroxyl groups is 1. The third kappa shape index (κ3) is 8.40. The molecule has 0 heterocycles. The summed E-state index contributed by atoms with van der Waals surface area (Å²) in [4.78, 5) is 40.1. The summed E-state index contributed by atoms with van der Waals surface area (Å²) in [5.74, 6) is -0.632. The average molecular weight is 450 g/mol. The number of hydrogen-bond donors (Lipinski definition) is 3. The zero-order chi connectivity index (χ0) is 24.7. The predicted octanol–water partition coefficient (Wildman–Crippen LogP) is 3.81. The number of rotatable bonds is 8. The van der Waals surface area contributed by atoms with Gasteiger partial charge in [0.15, 0.2) is 0 Å². The van der Waals surface area contributed by atoms with E-state index in [2.05, 4.69) is 10.6 Å². The first kappa shape index (κ1) is 27.3. The lowest BCUT2D eigenvalue weighted by atomic mass is 9.95. The van der Waals surface area contributed by atoms with E-state index in [-0.39, 0.29) is 18.2 Å². The molecule has 0 aliphatic carbocycles. The molecule has 0 aromatic heterocycles. The molecule has 1 rings (SSSR count). The number of nitrogens with one attached hydrogen (secondary N) is 2. The van der Waals surface area contributed by atoms with Gasteiger partial charge in [-0.1, -0.05) is 19.4 Å². The molecular formula is C24H39N3O5. The lowest BCUT2D eigenvalue weighted by Gasteiger charge is -2.41. The van der Waals surface area contributed by atoms with Crippen LogP contribution in [-0.2, 0) is 14.3 Å². The number of alkyl carbamates (subject to hydrolysis) is 1. The molecule has 1 atom stereocenters. The molecule has 8 nitrogen and oxygen atoms in total. The first-order valence-corrected chi connectivity index (χ1v) is 11.0. The van der Waals surface area contributed by atoms with Gasteiger partial charge in [0.1, 0.15) is 23.9 Å². The highest BCUT2D eigenvalue weighted by Gasteiger charge is 2.38. The molecule has 1 aromatic carbocycles. The molecule has 180 valence electrons. The first-order chi connectivity index (χ1) is 14.7. The third-order valence-corrected chi connectivity index (χ3v) is 4.65. The van der Waals surface area contributed by atoms with Crippen molar-refractivity contribution in [1.29, 1.82) is 0 Å². The fourth-order valence-electron chi connectivity index (χ4n) is 3.20. The van der Waals surface area contributed by atoms with E-state index in [4.69, 9.17) is 4.74 Å². The Balaban J connectivity index is 3.27. The van der Waals surface area contributed by atoms with Crippen LogP contribution in [0.15, 0.2) is 18.2 Å². The Hall–Kier alpha value is -2.77. The van der Waals surface area contributed by atoms with Crippen LogP contribution < -0.4 is 10.6 Å². The maximum Gasteiger partial charge on any atom is 0.408 e. The van der Waals surface area contributed by atoms with Gasteiger partial charge < -0.3 is 25.4 Å². The summed E-state index contributed by atoms with van der Waals surface area (Å²) in [7, 11) is 0. The van der Waals surface area contributed by atoms with Crippen molar-refractivity contribution >= 4 is 17.9 Å². The summed E-state index contributed by atoms with van der Waals surface area (Å²) in [5.41, 5.74) is -0.246. The van der Waals surface area contributed by atoms with E-state index < -0.39 is 29.2 Å². The number of ether oxygens (including phenoxy) is 1. The molecule has 1 aromatic rings. The van der Waals surface area contributed by atoms with Crippen molar-refractivity contribution in [3.63, 3.8) is 0 Å². The molecule has 0 saturated carbocycles. The van der Waals surface area contributed by atoms with Crippen molar-refractivity contribution in [2.75, 3.05) is 13.1 Å². The molecule has 3 N–H and O–H groups in total. The number of amides is 3. The van der Waals surface area contributed by atoms with Crippen LogP contribution in [0.4, 0.5) is 4.79 Å². The molecule has 8 heteroatoms. The zero-order valence-electron chi connectivity index (χ0n) is 20.7. The van der Waals surface area contributed by atoms with Gasteiger partial charge in [-0.25, -0.2) is 4.79 Å². The minimum Gasteiger partial charge on any atom is -0.508 e. The number of unbranched alkanes of at least 4 members (excludes halogenated alkanes) is 1. The Kier molecular flexibility index (Phi) is 9.54. The Bertz CT molecular complexity index is 809. The molecule has 0 radical (unpaired) electrons. The summed E-state index contributed by atoms with van der Waals surface area (Å²) in [6.45, 7) is 14.6. The second kappa shape index (κ2) is 11.2. The highest BCUT2D eigenvalue weighted by molar-refractivity contribution is 5.91. The van der Waals surface area contributed by atoms with Gasteiger partial charge in [-0.3, -0.25) is 9.59 Å². The number of benzene rings is 1. The molecule has 0 aliphatic rings. The van der Waals surface area contributed by atoms with Crippen molar-refractivity contribution in [2.45, 2.75) is 85.4 Å². The van der Waals surface area contributed by atoms with Crippen LogP contribution in [0.25, 0.3) is 0 Å². The summed E-state index contributed by atoms with van der Waals surface area (Å²) in [6, 6.07) is 3.92. The number of carbonyl (C=O) groups excluding carboxylic acids is 3. The second-order valence-corrected chi connectivity index (χ2v) is 9.88. The predicted molar refractivity (Wildman–Crippen MR) is 124 cm³/mol. The van der Waals surface area contributed by atoms with E-state index in [0.717, 1.165) is 12.8 Å². The average Bonchev–Trinajstić information content (AvgIpc) is 2.64. The third-order valence-electron chi connectivity index (χ3n) is 4.65. The highest BCUT2D eigenvalue weighted by atomic mass is 16.6. The number of hydrogen-bond acceptors (Lipinski definition) is 5. The minimum atomic E-state index is -0.931. The van der Waals surface area contributed by atoms with Crippen molar-refractivity contribution in [3.8, 4) is 5.75 Å². The number of nitrogens with zero attached hydrogens (tertiary/aromatic N) is 1. The summed E-state index contributed by atoms with van der Waals surface area (Å²) >= 11 is 0. The van der Waals surface area contributed by atoms with Crippen LogP contribution in [0.2, 0.25) is 0 Å². The SMILES string of the molecule is CCCCNC(=O)C(c1ccc(O)c(C)c1)N(C(=O)CNC(=O)OC(C)(C)C)C(C)(C)C. The Labute approximate surface area is 191 Å². The van der Waals surface area contributed by atoms with Crippen molar-refractivity contribution < 1.29 is 24.2 Å². The topological polar surface area (TPSA) is 108 Å². The van der Waals surface area contributed by atoms with Gasteiger partial charge in [-0.05, 0) is 78.1 Å². The molecule has 0 fully saturated rings. The lowest BCUT2D eigenvalue weighted by molar-refractivity contribution is -0.145.